The number of hydrogen-bond donors (Lipinski definition) is 1. The van der Waals surface area contributed by atoms with E-state index in [1.165, 1.54) is 0 Å². The molecule has 0 radical (unpaired) electrons. The maximum atomic E-state index is 12.4. The monoisotopic (exact) mass is 441 g/mol. The number of nitrogens with one attached hydrogen (secondary N) is 1. The van der Waals surface area contributed by atoms with Gasteiger partial charge in [0.05, 0.1) is 22.8 Å². The Morgan fingerprint density at radius 1 is 1.13 bits per heavy atom. The molecule has 8 heteroatoms. The molecule has 1 atom stereocenters. The summed E-state index contributed by atoms with van der Waals surface area (Å²) in [6, 6.07) is 14.7. The predicted molar refractivity (Wildman–Crippen MR) is 119 cm³/mol. The highest BCUT2D eigenvalue weighted by Crippen LogP contribution is 2.24. The molecule has 1 heterocycles. The summed E-state index contributed by atoms with van der Waals surface area (Å²) >= 11 is 5.93. The Morgan fingerprint density at radius 2 is 1.84 bits per heavy atom. The summed E-state index contributed by atoms with van der Waals surface area (Å²) < 4.78 is 12.5. The molecule has 0 saturated heterocycles. The molecule has 162 valence electrons. The first-order valence-electron chi connectivity index (χ1n) is 9.77. The molecule has 3 rings (SSSR count). The fraction of sp³-hybridized carbons (Fsp3) is 0.261. The maximum Gasteiger partial charge on any atom is 0.347 e. The summed E-state index contributed by atoms with van der Waals surface area (Å²) in [4.78, 5) is 24.6. The summed E-state index contributed by atoms with van der Waals surface area (Å²) in [7, 11) is 0. The van der Waals surface area contributed by atoms with Crippen LogP contribution in [0.25, 0.3) is 5.69 Å². The van der Waals surface area contributed by atoms with Gasteiger partial charge in [0.2, 0.25) is 0 Å². The van der Waals surface area contributed by atoms with E-state index in [1.807, 2.05) is 44.2 Å². The molecule has 0 aliphatic heterocycles. The number of esters is 1. The number of ether oxygens (including phenoxy) is 2. The Balaban J connectivity index is 1.57. The third kappa shape index (κ3) is 5.44. The van der Waals surface area contributed by atoms with E-state index in [-0.39, 0.29) is 0 Å². The van der Waals surface area contributed by atoms with Crippen LogP contribution in [0.1, 0.15) is 23.9 Å². The van der Waals surface area contributed by atoms with Crippen LogP contribution < -0.4 is 10.1 Å². The lowest BCUT2D eigenvalue weighted by Crippen LogP contribution is -2.30. The number of carbonyl (C=O) groups excluding carboxylic acids is 2. The van der Waals surface area contributed by atoms with Gasteiger partial charge in [-0.2, -0.15) is 5.10 Å². The van der Waals surface area contributed by atoms with Gasteiger partial charge in [0, 0.05) is 5.02 Å². The lowest BCUT2D eigenvalue weighted by Gasteiger charge is -2.15. The first-order chi connectivity index (χ1) is 14.8. The second-order valence-electron chi connectivity index (χ2n) is 7.12. The van der Waals surface area contributed by atoms with Crippen LogP contribution in [0.15, 0.2) is 48.5 Å². The van der Waals surface area contributed by atoms with E-state index in [4.69, 9.17) is 21.1 Å². The van der Waals surface area contributed by atoms with Crippen molar-refractivity contribution in [1.82, 2.24) is 9.78 Å². The fourth-order valence-corrected chi connectivity index (χ4v) is 3.28. The van der Waals surface area contributed by atoms with E-state index in [2.05, 4.69) is 10.4 Å². The van der Waals surface area contributed by atoms with Crippen LogP contribution in [0.4, 0.5) is 5.69 Å². The molecular formula is C23H24ClN3O4. The van der Waals surface area contributed by atoms with Crippen LogP contribution in [0.2, 0.25) is 5.02 Å². The highest BCUT2D eigenvalue weighted by Gasteiger charge is 2.20. The van der Waals surface area contributed by atoms with Crippen molar-refractivity contribution in [3.05, 3.63) is 70.5 Å². The van der Waals surface area contributed by atoms with E-state index < -0.39 is 24.6 Å². The average molecular weight is 442 g/mol. The summed E-state index contributed by atoms with van der Waals surface area (Å²) in [6.45, 7) is 6.62. The number of benzene rings is 2. The van der Waals surface area contributed by atoms with Gasteiger partial charge in [-0.05, 0) is 63.6 Å². The minimum atomic E-state index is -0.878. The Bertz CT molecular complexity index is 1100. The number of para-hydroxylation sites is 1. The molecule has 0 fully saturated rings. The fourth-order valence-electron chi connectivity index (χ4n) is 3.06. The van der Waals surface area contributed by atoms with Gasteiger partial charge >= 0.3 is 5.97 Å². The number of anilines is 1. The van der Waals surface area contributed by atoms with E-state index in [1.54, 1.807) is 36.7 Å². The average Bonchev–Trinajstić information content (AvgIpc) is 3.02. The number of aryl methyl sites for hydroxylation is 2. The van der Waals surface area contributed by atoms with Crippen molar-refractivity contribution in [3.8, 4) is 11.4 Å². The Hall–Kier alpha value is -3.32. The number of rotatable bonds is 7. The number of aromatic nitrogens is 2. The minimum Gasteiger partial charge on any atom is -0.479 e. The second kappa shape index (κ2) is 9.66. The Morgan fingerprint density at radius 3 is 2.52 bits per heavy atom. The van der Waals surface area contributed by atoms with Gasteiger partial charge in [-0.15, -0.1) is 0 Å². The molecular weight excluding hydrogens is 418 g/mol. The lowest BCUT2D eigenvalue weighted by molar-refractivity contribution is -0.153. The van der Waals surface area contributed by atoms with Crippen molar-refractivity contribution >= 4 is 29.2 Å². The van der Waals surface area contributed by atoms with Crippen molar-refractivity contribution < 1.29 is 19.1 Å². The van der Waals surface area contributed by atoms with Crippen molar-refractivity contribution in [2.45, 2.75) is 33.8 Å². The number of nitrogens with zero attached hydrogens (tertiary/aromatic N) is 2. The molecule has 1 N–H and O–H groups in total. The normalized spacial score (nSPS) is 11.6. The topological polar surface area (TPSA) is 82.4 Å². The molecule has 3 aromatic rings. The zero-order valence-electron chi connectivity index (χ0n) is 17.8. The first-order valence-corrected chi connectivity index (χ1v) is 10.1. The van der Waals surface area contributed by atoms with Crippen LogP contribution in [0.5, 0.6) is 5.75 Å². The van der Waals surface area contributed by atoms with E-state index >= 15 is 0 Å². The highest BCUT2D eigenvalue weighted by molar-refractivity contribution is 6.30. The third-order valence-corrected chi connectivity index (χ3v) is 4.91. The maximum absolute atomic E-state index is 12.4. The smallest absolute Gasteiger partial charge is 0.347 e. The van der Waals surface area contributed by atoms with Crippen LogP contribution in [-0.2, 0) is 14.3 Å². The number of hydrogen-bond acceptors (Lipinski definition) is 5. The minimum absolute atomic E-state index is 0.429. The molecule has 1 amide bonds. The summed E-state index contributed by atoms with van der Waals surface area (Å²) in [5.74, 6) is -0.571. The molecule has 31 heavy (non-hydrogen) atoms. The van der Waals surface area contributed by atoms with E-state index in [9.17, 15) is 9.59 Å². The predicted octanol–water partition coefficient (Wildman–Crippen LogP) is 4.40. The van der Waals surface area contributed by atoms with Gasteiger partial charge in [0.15, 0.2) is 12.7 Å². The van der Waals surface area contributed by atoms with Gasteiger partial charge < -0.3 is 14.8 Å². The number of carbonyl (C=O) groups is 2. The van der Waals surface area contributed by atoms with Gasteiger partial charge in [0.25, 0.3) is 5.91 Å². The molecule has 1 aromatic heterocycles. The second-order valence-corrected chi connectivity index (χ2v) is 7.56. The zero-order chi connectivity index (χ0) is 22.5. The van der Waals surface area contributed by atoms with Gasteiger partial charge in [-0.1, -0.05) is 29.8 Å². The lowest BCUT2D eigenvalue weighted by atomic mass is 10.2. The molecule has 0 aliphatic rings. The SMILES string of the molecule is Cc1cc(Cl)ccc1OC(C)C(=O)OCC(=O)Nc1c(C)nn(-c2ccccc2)c1C. The molecule has 7 nitrogen and oxygen atoms in total. The summed E-state index contributed by atoms with van der Waals surface area (Å²) in [5, 5.41) is 7.84. The van der Waals surface area contributed by atoms with Crippen molar-refractivity contribution in [2.24, 2.45) is 0 Å². The molecule has 0 spiro atoms. The van der Waals surface area contributed by atoms with E-state index in [0.717, 1.165) is 16.9 Å². The van der Waals surface area contributed by atoms with Gasteiger partial charge in [-0.25, -0.2) is 9.48 Å². The van der Waals surface area contributed by atoms with Crippen molar-refractivity contribution in [3.63, 3.8) is 0 Å². The zero-order valence-corrected chi connectivity index (χ0v) is 18.6. The van der Waals surface area contributed by atoms with E-state index in [0.29, 0.717) is 22.2 Å². The van der Waals surface area contributed by atoms with Gasteiger partial charge in [0.1, 0.15) is 5.75 Å². The molecule has 2 aromatic carbocycles. The summed E-state index contributed by atoms with van der Waals surface area (Å²) in [6.07, 6.45) is -0.878. The summed E-state index contributed by atoms with van der Waals surface area (Å²) in [5.41, 5.74) is 3.71. The van der Waals surface area contributed by atoms with Crippen LogP contribution >= 0.6 is 11.6 Å². The van der Waals surface area contributed by atoms with Crippen molar-refractivity contribution in [1.29, 1.82) is 0 Å². The quantitative estimate of drug-likeness (QED) is 0.549. The first kappa shape index (κ1) is 22.4. The van der Waals surface area contributed by atoms with Crippen LogP contribution in [-0.4, -0.2) is 34.4 Å². The largest absolute Gasteiger partial charge is 0.479 e. The molecule has 0 saturated carbocycles. The molecule has 0 aliphatic carbocycles. The Kier molecular flexibility index (Phi) is 6.97. The molecule has 0 bridgehead atoms. The standard InChI is InChI=1S/C23H24ClN3O4/c1-14-12-18(24)10-11-20(14)31-17(4)23(29)30-13-21(28)25-22-15(2)26-27(16(22)3)19-8-6-5-7-9-19/h5-12,17H,13H2,1-4H3,(H,25,28). The molecule has 1 unspecified atom stereocenters. The number of amides is 1. The van der Waals surface area contributed by atoms with Crippen molar-refractivity contribution in [2.75, 3.05) is 11.9 Å². The van der Waals surface area contributed by atoms with Crippen LogP contribution in [0.3, 0.4) is 0 Å². The van der Waals surface area contributed by atoms with Gasteiger partial charge in [-0.3, -0.25) is 4.79 Å². The number of halogens is 1. The third-order valence-electron chi connectivity index (χ3n) is 4.67. The highest BCUT2D eigenvalue weighted by atomic mass is 35.5. The van der Waals surface area contributed by atoms with Crippen LogP contribution in [0, 0.1) is 20.8 Å². The Labute approximate surface area is 185 Å².